The quantitative estimate of drug-likeness (QED) is 0.861. The van der Waals surface area contributed by atoms with Crippen LogP contribution in [0.4, 0.5) is 0 Å². The van der Waals surface area contributed by atoms with Crippen molar-refractivity contribution >= 4 is 0 Å². The average Bonchev–Trinajstić information content (AvgIpc) is 2.73. The summed E-state index contributed by atoms with van der Waals surface area (Å²) in [6, 6.07) is 17.6. The van der Waals surface area contributed by atoms with E-state index in [1.807, 2.05) is 12.1 Å². The zero-order chi connectivity index (χ0) is 17.9. The SMILES string of the molecule is COc1ccccc1CNC1C2CCN(CC2)C1c1ccccc1OC. The predicted molar refractivity (Wildman–Crippen MR) is 104 cm³/mol. The number of rotatable bonds is 6. The maximum atomic E-state index is 5.68. The number of benzene rings is 2. The van der Waals surface area contributed by atoms with Crippen molar-refractivity contribution in [2.24, 2.45) is 5.92 Å². The summed E-state index contributed by atoms with van der Waals surface area (Å²) in [6.45, 7) is 3.19. The van der Waals surface area contributed by atoms with Crippen LogP contribution >= 0.6 is 0 Å². The Morgan fingerprint density at radius 3 is 2.31 bits per heavy atom. The fourth-order valence-electron chi connectivity index (χ4n) is 4.70. The van der Waals surface area contributed by atoms with Crippen LogP contribution in [0, 0.1) is 5.92 Å². The third-order valence-corrected chi connectivity index (χ3v) is 5.99. The first kappa shape index (κ1) is 17.4. The maximum Gasteiger partial charge on any atom is 0.123 e. The molecule has 0 radical (unpaired) electrons. The first-order valence-corrected chi connectivity index (χ1v) is 9.54. The topological polar surface area (TPSA) is 33.7 Å². The number of fused-ring (bicyclic) bond motifs is 3. The van der Waals surface area contributed by atoms with Crippen molar-refractivity contribution in [3.8, 4) is 11.5 Å². The Morgan fingerprint density at radius 1 is 0.923 bits per heavy atom. The molecule has 5 rings (SSSR count). The smallest absolute Gasteiger partial charge is 0.123 e. The Hall–Kier alpha value is -2.04. The normalized spacial score (nSPS) is 27.3. The van der Waals surface area contributed by atoms with Gasteiger partial charge in [-0.1, -0.05) is 36.4 Å². The summed E-state index contributed by atoms with van der Waals surface area (Å²) in [4.78, 5) is 2.62. The van der Waals surface area contributed by atoms with Gasteiger partial charge in [0.2, 0.25) is 0 Å². The van der Waals surface area contributed by atoms with E-state index in [0.717, 1.165) is 18.0 Å². The lowest BCUT2D eigenvalue weighted by Crippen LogP contribution is -2.57. The highest BCUT2D eigenvalue weighted by atomic mass is 16.5. The molecule has 3 aliphatic rings. The van der Waals surface area contributed by atoms with E-state index in [4.69, 9.17) is 9.47 Å². The predicted octanol–water partition coefficient (Wildman–Crippen LogP) is 3.63. The second-order valence-electron chi connectivity index (χ2n) is 7.28. The van der Waals surface area contributed by atoms with Crippen molar-refractivity contribution < 1.29 is 9.47 Å². The van der Waals surface area contributed by atoms with Gasteiger partial charge in [0.15, 0.2) is 0 Å². The summed E-state index contributed by atoms with van der Waals surface area (Å²) in [5.74, 6) is 2.66. The van der Waals surface area contributed by atoms with Crippen molar-refractivity contribution in [2.75, 3.05) is 27.3 Å². The molecular weight excluding hydrogens is 324 g/mol. The van der Waals surface area contributed by atoms with Gasteiger partial charge in [0.1, 0.15) is 11.5 Å². The van der Waals surface area contributed by atoms with Crippen LogP contribution < -0.4 is 14.8 Å². The molecule has 2 bridgehead atoms. The van der Waals surface area contributed by atoms with Crippen molar-refractivity contribution in [1.29, 1.82) is 0 Å². The first-order chi connectivity index (χ1) is 12.8. The van der Waals surface area contributed by atoms with Crippen molar-refractivity contribution in [3.63, 3.8) is 0 Å². The van der Waals surface area contributed by atoms with Gasteiger partial charge in [0.05, 0.1) is 20.3 Å². The van der Waals surface area contributed by atoms with Gasteiger partial charge in [-0.25, -0.2) is 0 Å². The van der Waals surface area contributed by atoms with E-state index in [0.29, 0.717) is 18.0 Å². The molecule has 138 valence electrons. The molecule has 2 unspecified atom stereocenters. The molecule has 0 aliphatic carbocycles. The molecule has 1 N–H and O–H groups in total. The van der Waals surface area contributed by atoms with Gasteiger partial charge in [-0.3, -0.25) is 4.90 Å². The average molecular weight is 352 g/mol. The summed E-state index contributed by atoms with van der Waals surface area (Å²) in [5.41, 5.74) is 2.52. The Labute approximate surface area is 156 Å². The summed E-state index contributed by atoms with van der Waals surface area (Å²) < 4.78 is 11.2. The van der Waals surface area contributed by atoms with E-state index >= 15 is 0 Å². The third-order valence-electron chi connectivity index (χ3n) is 5.99. The van der Waals surface area contributed by atoms with Crippen LogP contribution in [0.5, 0.6) is 11.5 Å². The van der Waals surface area contributed by atoms with Gasteiger partial charge >= 0.3 is 0 Å². The Bertz CT molecular complexity index is 740. The van der Waals surface area contributed by atoms with Gasteiger partial charge in [0, 0.05) is 23.7 Å². The second kappa shape index (κ2) is 7.68. The van der Waals surface area contributed by atoms with Crippen LogP contribution in [0.25, 0.3) is 0 Å². The van der Waals surface area contributed by atoms with E-state index in [1.165, 1.54) is 37.1 Å². The molecule has 2 aromatic rings. The van der Waals surface area contributed by atoms with E-state index in [1.54, 1.807) is 14.2 Å². The molecule has 0 amide bonds. The number of nitrogens with one attached hydrogen (secondary N) is 1. The van der Waals surface area contributed by atoms with Crippen molar-refractivity contribution in [2.45, 2.75) is 31.5 Å². The minimum Gasteiger partial charge on any atom is -0.496 e. The van der Waals surface area contributed by atoms with Crippen LogP contribution in [0.2, 0.25) is 0 Å². The molecule has 3 heterocycles. The molecule has 2 atom stereocenters. The summed E-state index contributed by atoms with van der Waals surface area (Å²) in [6.07, 6.45) is 2.55. The van der Waals surface area contributed by atoms with Gasteiger partial charge < -0.3 is 14.8 Å². The molecule has 0 spiro atoms. The Kier molecular flexibility index (Phi) is 5.14. The number of nitrogens with zero attached hydrogens (tertiary/aromatic N) is 1. The molecule has 0 saturated carbocycles. The summed E-state index contributed by atoms with van der Waals surface area (Å²) in [5, 5.41) is 3.87. The Balaban J connectivity index is 1.60. The van der Waals surface area contributed by atoms with Gasteiger partial charge in [-0.2, -0.15) is 0 Å². The zero-order valence-electron chi connectivity index (χ0n) is 15.7. The lowest BCUT2D eigenvalue weighted by Gasteiger charge is -2.51. The number of methoxy groups -OCH3 is 2. The highest BCUT2D eigenvalue weighted by Gasteiger charge is 2.43. The second-order valence-corrected chi connectivity index (χ2v) is 7.28. The molecule has 26 heavy (non-hydrogen) atoms. The zero-order valence-corrected chi connectivity index (χ0v) is 15.7. The molecule has 2 aromatic carbocycles. The monoisotopic (exact) mass is 352 g/mol. The fourth-order valence-corrected chi connectivity index (χ4v) is 4.70. The first-order valence-electron chi connectivity index (χ1n) is 9.54. The Morgan fingerprint density at radius 2 is 1.58 bits per heavy atom. The van der Waals surface area contributed by atoms with E-state index in [-0.39, 0.29) is 0 Å². The van der Waals surface area contributed by atoms with Gasteiger partial charge in [0.25, 0.3) is 0 Å². The highest BCUT2D eigenvalue weighted by Crippen LogP contribution is 2.43. The minimum absolute atomic E-state index is 0.369. The van der Waals surface area contributed by atoms with Crippen LogP contribution in [0.3, 0.4) is 0 Å². The number of para-hydroxylation sites is 2. The lowest BCUT2D eigenvalue weighted by atomic mass is 9.76. The number of hydrogen-bond donors (Lipinski definition) is 1. The van der Waals surface area contributed by atoms with Crippen molar-refractivity contribution in [3.05, 3.63) is 59.7 Å². The van der Waals surface area contributed by atoms with Crippen LogP contribution in [-0.4, -0.2) is 38.3 Å². The van der Waals surface area contributed by atoms with E-state index in [2.05, 4.69) is 46.6 Å². The van der Waals surface area contributed by atoms with Crippen LogP contribution in [0.15, 0.2) is 48.5 Å². The molecule has 3 aliphatic heterocycles. The lowest BCUT2D eigenvalue weighted by molar-refractivity contribution is 0.0101. The van der Waals surface area contributed by atoms with Crippen LogP contribution in [0.1, 0.15) is 30.0 Å². The molecular formula is C22H28N2O2. The van der Waals surface area contributed by atoms with Gasteiger partial charge in [-0.05, 0) is 44.0 Å². The molecule has 0 aromatic heterocycles. The maximum absolute atomic E-state index is 5.68. The molecule has 4 heteroatoms. The summed E-state index contributed by atoms with van der Waals surface area (Å²) in [7, 11) is 3.51. The molecule has 4 nitrogen and oxygen atoms in total. The third kappa shape index (κ3) is 3.19. The van der Waals surface area contributed by atoms with E-state index in [9.17, 15) is 0 Å². The highest BCUT2D eigenvalue weighted by molar-refractivity contribution is 5.38. The molecule has 3 fully saturated rings. The fraction of sp³-hybridized carbons (Fsp3) is 0.455. The van der Waals surface area contributed by atoms with Crippen molar-refractivity contribution in [1.82, 2.24) is 10.2 Å². The minimum atomic E-state index is 0.369. The molecule has 3 saturated heterocycles. The standard InChI is InChI=1S/C22H28N2O2/c1-25-19-9-5-3-7-17(19)15-23-21-16-11-13-24(14-12-16)22(21)18-8-4-6-10-20(18)26-2/h3-10,16,21-23H,11-15H2,1-2H3. The summed E-state index contributed by atoms with van der Waals surface area (Å²) >= 11 is 0. The number of piperidine rings is 3. The number of hydrogen-bond acceptors (Lipinski definition) is 4. The van der Waals surface area contributed by atoms with Gasteiger partial charge in [-0.15, -0.1) is 0 Å². The largest absolute Gasteiger partial charge is 0.496 e. The van der Waals surface area contributed by atoms with E-state index < -0.39 is 0 Å². The number of ether oxygens (including phenoxy) is 2. The van der Waals surface area contributed by atoms with Crippen LogP contribution in [-0.2, 0) is 6.54 Å².